The van der Waals surface area contributed by atoms with Crippen molar-refractivity contribution in [1.29, 1.82) is 0 Å². The van der Waals surface area contributed by atoms with Gasteiger partial charge in [0.05, 0.1) is 11.7 Å². The predicted molar refractivity (Wildman–Crippen MR) is 51.1 cm³/mol. The Morgan fingerprint density at radius 2 is 2.21 bits per heavy atom. The van der Waals surface area contributed by atoms with E-state index in [4.69, 9.17) is 11.6 Å². The van der Waals surface area contributed by atoms with Crippen molar-refractivity contribution in [2.45, 2.75) is 18.8 Å². The second-order valence-electron chi connectivity index (χ2n) is 3.41. The molecule has 1 heterocycles. The summed E-state index contributed by atoms with van der Waals surface area (Å²) in [5.41, 5.74) is 0. The molecule has 0 radical (unpaired) electrons. The predicted octanol–water partition coefficient (Wildman–Crippen LogP) is 2.65. The third-order valence-corrected chi connectivity index (χ3v) is 3.07. The highest BCUT2D eigenvalue weighted by molar-refractivity contribution is 6.99. The number of hydrogen-bond donors (Lipinski definition) is 1. The zero-order chi connectivity index (χ0) is 10.2. The molecule has 1 fully saturated rings. The van der Waals surface area contributed by atoms with Crippen LogP contribution < -0.4 is 5.32 Å². The Kier molecular flexibility index (Phi) is 2.57. The quantitative estimate of drug-likeness (QED) is 0.881. The SMILES string of the molecule is FC1(F)CC(CNc2nsnc2Cl)C1. The molecule has 3 nitrogen and oxygen atoms in total. The Bertz CT molecular complexity index is 322. The van der Waals surface area contributed by atoms with E-state index in [0.29, 0.717) is 17.5 Å². The van der Waals surface area contributed by atoms with Crippen molar-refractivity contribution < 1.29 is 8.78 Å². The Labute approximate surface area is 88.8 Å². The molecule has 2 rings (SSSR count). The minimum Gasteiger partial charge on any atom is -0.366 e. The van der Waals surface area contributed by atoms with Gasteiger partial charge in [-0.05, 0) is 5.92 Å². The van der Waals surface area contributed by atoms with Gasteiger partial charge in [-0.15, -0.1) is 0 Å². The van der Waals surface area contributed by atoms with Crippen LogP contribution in [-0.2, 0) is 0 Å². The van der Waals surface area contributed by atoms with E-state index < -0.39 is 5.92 Å². The van der Waals surface area contributed by atoms with Gasteiger partial charge in [0.15, 0.2) is 11.0 Å². The number of nitrogens with zero attached hydrogens (tertiary/aromatic N) is 2. The van der Waals surface area contributed by atoms with Crippen LogP contribution in [-0.4, -0.2) is 21.2 Å². The fourth-order valence-electron chi connectivity index (χ4n) is 1.45. The first-order valence-corrected chi connectivity index (χ1v) is 5.27. The van der Waals surface area contributed by atoms with Crippen molar-refractivity contribution in [3.05, 3.63) is 5.15 Å². The van der Waals surface area contributed by atoms with Crippen LogP contribution in [0.2, 0.25) is 5.15 Å². The molecule has 14 heavy (non-hydrogen) atoms. The van der Waals surface area contributed by atoms with Crippen LogP contribution in [0.1, 0.15) is 12.8 Å². The summed E-state index contributed by atoms with van der Waals surface area (Å²) in [6.45, 7) is 0.487. The molecular formula is C7H8ClF2N3S. The smallest absolute Gasteiger partial charge is 0.248 e. The fraction of sp³-hybridized carbons (Fsp3) is 0.714. The molecule has 0 saturated heterocycles. The Balaban J connectivity index is 1.77. The van der Waals surface area contributed by atoms with Crippen molar-refractivity contribution in [1.82, 2.24) is 8.75 Å². The molecule has 1 aliphatic rings. The molecule has 1 saturated carbocycles. The van der Waals surface area contributed by atoms with Gasteiger partial charge in [0.25, 0.3) is 0 Å². The first-order valence-electron chi connectivity index (χ1n) is 4.16. The molecule has 7 heteroatoms. The number of rotatable bonds is 3. The minimum absolute atomic E-state index is 0.0165. The fourth-order valence-corrected chi connectivity index (χ4v) is 2.14. The second kappa shape index (κ2) is 3.58. The number of anilines is 1. The molecule has 0 atom stereocenters. The first-order chi connectivity index (χ1) is 6.57. The van der Waals surface area contributed by atoms with Crippen molar-refractivity contribution >= 4 is 29.1 Å². The summed E-state index contributed by atoms with van der Waals surface area (Å²) in [7, 11) is 0. The standard InChI is InChI=1S/C7H8ClF2N3S/c8-5-6(13-14-12-5)11-3-4-1-7(9,10)2-4/h4H,1-3H2,(H,11,13). The maximum atomic E-state index is 12.5. The lowest BCUT2D eigenvalue weighted by Crippen LogP contribution is -2.39. The molecule has 78 valence electrons. The number of alkyl halides is 2. The lowest BCUT2D eigenvalue weighted by molar-refractivity contribution is -0.106. The van der Waals surface area contributed by atoms with Crippen molar-refractivity contribution in [2.24, 2.45) is 5.92 Å². The Hall–Kier alpha value is -0.490. The highest BCUT2D eigenvalue weighted by Gasteiger charge is 2.44. The minimum atomic E-state index is -2.46. The highest BCUT2D eigenvalue weighted by Crippen LogP contribution is 2.42. The summed E-state index contributed by atoms with van der Waals surface area (Å²) in [5.74, 6) is -1.95. The maximum absolute atomic E-state index is 12.5. The van der Waals surface area contributed by atoms with Gasteiger partial charge in [0.1, 0.15) is 0 Å². The number of aromatic nitrogens is 2. The van der Waals surface area contributed by atoms with Crippen LogP contribution in [0.25, 0.3) is 0 Å². The Morgan fingerprint density at radius 3 is 2.71 bits per heavy atom. The van der Waals surface area contributed by atoms with Crippen LogP contribution in [0.3, 0.4) is 0 Å². The summed E-state index contributed by atoms with van der Waals surface area (Å²) in [6, 6.07) is 0. The molecule has 0 unspecified atom stereocenters. The van der Waals surface area contributed by atoms with Gasteiger partial charge >= 0.3 is 0 Å². The molecule has 0 amide bonds. The zero-order valence-electron chi connectivity index (χ0n) is 7.14. The monoisotopic (exact) mass is 239 g/mol. The van der Waals surface area contributed by atoms with Crippen LogP contribution in [0, 0.1) is 5.92 Å². The lowest BCUT2D eigenvalue weighted by atomic mass is 9.81. The third-order valence-electron chi connectivity index (χ3n) is 2.18. The van der Waals surface area contributed by atoms with Crippen molar-refractivity contribution in [3.8, 4) is 0 Å². The molecule has 1 aliphatic carbocycles. The number of nitrogens with one attached hydrogen (secondary N) is 1. The number of hydrogen-bond acceptors (Lipinski definition) is 4. The van der Waals surface area contributed by atoms with E-state index >= 15 is 0 Å². The van der Waals surface area contributed by atoms with Gasteiger partial charge in [0.2, 0.25) is 5.92 Å². The summed E-state index contributed by atoms with van der Waals surface area (Å²) in [5, 5.41) is 3.21. The van der Waals surface area contributed by atoms with Crippen molar-refractivity contribution in [2.75, 3.05) is 11.9 Å². The molecule has 1 aromatic heterocycles. The van der Waals surface area contributed by atoms with E-state index in [2.05, 4.69) is 14.1 Å². The van der Waals surface area contributed by atoms with E-state index in [-0.39, 0.29) is 18.8 Å². The Morgan fingerprint density at radius 1 is 1.50 bits per heavy atom. The first kappa shape index (κ1) is 10.0. The summed E-state index contributed by atoms with van der Waals surface area (Å²) >= 11 is 6.67. The maximum Gasteiger partial charge on any atom is 0.248 e. The molecule has 1 N–H and O–H groups in total. The van der Waals surface area contributed by atoms with E-state index in [0.717, 1.165) is 11.7 Å². The molecule has 0 aliphatic heterocycles. The van der Waals surface area contributed by atoms with Crippen LogP contribution >= 0.6 is 23.3 Å². The van der Waals surface area contributed by atoms with E-state index in [1.54, 1.807) is 0 Å². The molecular weight excluding hydrogens is 232 g/mol. The molecule has 0 spiro atoms. The van der Waals surface area contributed by atoms with Gasteiger partial charge < -0.3 is 5.32 Å². The average molecular weight is 240 g/mol. The van der Waals surface area contributed by atoms with Crippen LogP contribution in [0.5, 0.6) is 0 Å². The van der Waals surface area contributed by atoms with Gasteiger partial charge in [-0.3, -0.25) is 0 Å². The summed E-state index contributed by atoms with van der Waals surface area (Å²) in [6.07, 6.45) is -0.0929. The normalized spacial score (nSPS) is 20.5. The van der Waals surface area contributed by atoms with Gasteiger partial charge in [-0.25, -0.2) is 8.78 Å². The summed E-state index contributed by atoms with van der Waals surface area (Å²) < 4.78 is 32.5. The molecule has 0 bridgehead atoms. The average Bonchev–Trinajstić information content (AvgIpc) is 2.44. The lowest BCUT2D eigenvalue weighted by Gasteiger charge is -2.34. The number of halogens is 3. The molecule has 1 aromatic rings. The van der Waals surface area contributed by atoms with Gasteiger partial charge in [0, 0.05) is 19.4 Å². The highest BCUT2D eigenvalue weighted by atomic mass is 35.5. The largest absolute Gasteiger partial charge is 0.366 e. The van der Waals surface area contributed by atoms with E-state index in [9.17, 15) is 8.78 Å². The summed E-state index contributed by atoms with van der Waals surface area (Å²) in [4.78, 5) is 0. The van der Waals surface area contributed by atoms with Crippen molar-refractivity contribution in [3.63, 3.8) is 0 Å². The van der Waals surface area contributed by atoms with Crippen LogP contribution in [0.15, 0.2) is 0 Å². The zero-order valence-corrected chi connectivity index (χ0v) is 8.71. The second-order valence-corrected chi connectivity index (χ2v) is 4.30. The van der Waals surface area contributed by atoms with E-state index in [1.165, 1.54) is 0 Å². The van der Waals surface area contributed by atoms with E-state index in [1.807, 2.05) is 0 Å². The van der Waals surface area contributed by atoms with Gasteiger partial charge in [-0.2, -0.15) is 8.75 Å². The molecule has 0 aromatic carbocycles. The third kappa shape index (κ3) is 2.12. The van der Waals surface area contributed by atoms with Crippen LogP contribution in [0.4, 0.5) is 14.6 Å². The topological polar surface area (TPSA) is 37.8 Å². The van der Waals surface area contributed by atoms with Gasteiger partial charge in [-0.1, -0.05) is 11.6 Å².